The van der Waals surface area contributed by atoms with E-state index in [0.717, 1.165) is 4.47 Å². The fourth-order valence-corrected chi connectivity index (χ4v) is 4.12. The van der Waals surface area contributed by atoms with E-state index in [-0.39, 0.29) is 10.8 Å². The van der Waals surface area contributed by atoms with E-state index in [1.165, 1.54) is 11.4 Å². The van der Waals surface area contributed by atoms with Crippen molar-refractivity contribution in [2.45, 2.75) is 23.8 Å². The van der Waals surface area contributed by atoms with Crippen molar-refractivity contribution in [1.82, 2.24) is 9.62 Å². The summed E-state index contributed by atoms with van der Waals surface area (Å²) in [6.07, 6.45) is 1.27. The third kappa shape index (κ3) is 2.82. The Balaban J connectivity index is 2.33. The number of halogens is 1. The SMILES string of the molecule is CNC(=O)C1CCCN1S(=O)(=O)c1ccc(Br)cc1. The molecule has 0 radical (unpaired) electrons. The molecule has 1 N–H and O–H groups in total. The minimum absolute atomic E-state index is 0.214. The van der Waals surface area contributed by atoms with Gasteiger partial charge in [0.05, 0.1) is 4.90 Å². The molecule has 0 bridgehead atoms. The van der Waals surface area contributed by atoms with Gasteiger partial charge in [-0.05, 0) is 37.1 Å². The summed E-state index contributed by atoms with van der Waals surface area (Å²) in [5.41, 5.74) is 0. The first-order valence-corrected chi connectivity index (χ1v) is 8.19. The van der Waals surface area contributed by atoms with Gasteiger partial charge in [0, 0.05) is 18.1 Å². The van der Waals surface area contributed by atoms with E-state index in [4.69, 9.17) is 0 Å². The molecule has 1 aromatic rings. The van der Waals surface area contributed by atoms with Crippen LogP contribution in [0, 0.1) is 0 Å². The number of nitrogens with zero attached hydrogens (tertiary/aromatic N) is 1. The zero-order chi connectivity index (χ0) is 14.0. The molecule has 1 fully saturated rings. The third-order valence-corrected chi connectivity index (χ3v) is 5.62. The van der Waals surface area contributed by atoms with Gasteiger partial charge >= 0.3 is 0 Å². The summed E-state index contributed by atoms with van der Waals surface area (Å²) >= 11 is 3.27. The maximum atomic E-state index is 12.5. The predicted octanol–water partition coefficient (Wildman–Crippen LogP) is 1.35. The van der Waals surface area contributed by atoms with Crippen molar-refractivity contribution >= 4 is 31.9 Å². The van der Waals surface area contributed by atoms with Crippen LogP contribution in [0.2, 0.25) is 0 Å². The largest absolute Gasteiger partial charge is 0.358 e. The smallest absolute Gasteiger partial charge is 0.243 e. The Bertz CT molecular complexity index is 571. The fourth-order valence-electron chi connectivity index (χ4n) is 2.20. The topological polar surface area (TPSA) is 66.5 Å². The predicted molar refractivity (Wildman–Crippen MR) is 75.1 cm³/mol. The monoisotopic (exact) mass is 346 g/mol. The van der Waals surface area contributed by atoms with Gasteiger partial charge in [0.2, 0.25) is 15.9 Å². The second-order valence-corrected chi connectivity index (χ2v) is 7.15. The molecule has 1 aliphatic rings. The standard InChI is InChI=1S/C12H15BrN2O3S/c1-14-12(16)11-3-2-8-15(11)19(17,18)10-6-4-9(13)5-7-10/h4-7,11H,2-3,8H2,1H3,(H,14,16). The Morgan fingerprint density at radius 1 is 1.37 bits per heavy atom. The maximum Gasteiger partial charge on any atom is 0.243 e. The van der Waals surface area contributed by atoms with Crippen LogP contribution >= 0.6 is 15.9 Å². The Morgan fingerprint density at radius 2 is 2.00 bits per heavy atom. The van der Waals surface area contributed by atoms with Crippen molar-refractivity contribution < 1.29 is 13.2 Å². The molecule has 104 valence electrons. The first-order valence-electron chi connectivity index (χ1n) is 5.96. The summed E-state index contributed by atoms with van der Waals surface area (Å²) in [7, 11) is -2.09. The van der Waals surface area contributed by atoms with E-state index in [9.17, 15) is 13.2 Å². The molecule has 0 spiro atoms. The van der Waals surface area contributed by atoms with Gasteiger partial charge in [0.15, 0.2) is 0 Å². The molecule has 19 heavy (non-hydrogen) atoms. The molecular formula is C12H15BrN2O3S. The number of carbonyl (C=O) groups is 1. The summed E-state index contributed by atoms with van der Waals surface area (Å²) in [6, 6.07) is 5.84. The van der Waals surface area contributed by atoms with Crippen LogP contribution < -0.4 is 5.32 Å². The van der Waals surface area contributed by atoms with Crippen molar-refractivity contribution in [1.29, 1.82) is 0 Å². The van der Waals surface area contributed by atoms with Gasteiger partial charge in [-0.3, -0.25) is 4.79 Å². The number of benzene rings is 1. The molecule has 1 aromatic carbocycles. The summed E-state index contributed by atoms with van der Waals surface area (Å²) in [5, 5.41) is 2.52. The number of hydrogen-bond acceptors (Lipinski definition) is 3. The van der Waals surface area contributed by atoms with Crippen LogP contribution in [0.4, 0.5) is 0 Å². The summed E-state index contributed by atoms with van der Waals surface area (Å²) in [6.45, 7) is 0.385. The van der Waals surface area contributed by atoms with Gasteiger partial charge in [-0.2, -0.15) is 4.31 Å². The van der Waals surface area contributed by atoms with Gasteiger partial charge < -0.3 is 5.32 Å². The van der Waals surface area contributed by atoms with E-state index >= 15 is 0 Å². The number of amides is 1. The lowest BCUT2D eigenvalue weighted by Crippen LogP contribution is -2.44. The minimum Gasteiger partial charge on any atom is -0.358 e. The number of carbonyl (C=O) groups excluding carboxylic acids is 1. The molecule has 1 unspecified atom stereocenters. The van der Waals surface area contributed by atoms with Crippen LogP contribution in [0.3, 0.4) is 0 Å². The Morgan fingerprint density at radius 3 is 2.58 bits per heavy atom. The first kappa shape index (κ1) is 14.5. The van der Waals surface area contributed by atoms with Crippen LogP contribution in [0.25, 0.3) is 0 Å². The highest BCUT2D eigenvalue weighted by Crippen LogP contribution is 2.26. The quantitative estimate of drug-likeness (QED) is 0.898. The zero-order valence-corrected chi connectivity index (χ0v) is 12.9. The molecule has 1 aliphatic heterocycles. The number of hydrogen-bond donors (Lipinski definition) is 1. The molecule has 2 rings (SSSR count). The van der Waals surface area contributed by atoms with E-state index in [0.29, 0.717) is 19.4 Å². The lowest BCUT2D eigenvalue weighted by atomic mass is 10.2. The molecule has 1 amide bonds. The van der Waals surface area contributed by atoms with E-state index in [1.54, 1.807) is 24.3 Å². The van der Waals surface area contributed by atoms with E-state index < -0.39 is 16.1 Å². The summed E-state index contributed by atoms with van der Waals surface area (Å²) < 4.78 is 27.1. The molecule has 5 nitrogen and oxygen atoms in total. The van der Waals surface area contributed by atoms with Gasteiger partial charge in [0.1, 0.15) is 6.04 Å². The second kappa shape index (κ2) is 5.60. The van der Waals surface area contributed by atoms with Crippen molar-refractivity contribution in [3.05, 3.63) is 28.7 Å². The molecule has 1 heterocycles. The van der Waals surface area contributed by atoms with Gasteiger partial charge in [-0.1, -0.05) is 15.9 Å². The number of rotatable bonds is 3. The highest BCUT2D eigenvalue weighted by molar-refractivity contribution is 9.10. The number of likely N-dealkylation sites (N-methyl/N-ethyl adjacent to an activating group) is 1. The summed E-state index contributed by atoms with van der Waals surface area (Å²) in [5.74, 6) is -0.252. The third-order valence-electron chi connectivity index (χ3n) is 3.17. The van der Waals surface area contributed by atoms with Crippen molar-refractivity contribution in [2.24, 2.45) is 0 Å². The normalized spacial score (nSPS) is 20.4. The fraction of sp³-hybridized carbons (Fsp3) is 0.417. The molecule has 0 aliphatic carbocycles. The molecule has 0 aromatic heterocycles. The van der Waals surface area contributed by atoms with E-state index in [1.807, 2.05) is 0 Å². The Kier molecular flexibility index (Phi) is 4.27. The highest BCUT2D eigenvalue weighted by Gasteiger charge is 2.38. The lowest BCUT2D eigenvalue weighted by Gasteiger charge is -2.22. The number of sulfonamides is 1. The highest BCUT2D eigenvalue weighted by atomic mass is 79.9. The summed E-state index contributed by atoms with van der Waals surface area (Å²) in [4.78, 5) is 11.9. The van der Waals surface area contributed by atoms with Crippen LogP contribution in [0.5, 0.6) is 0 Å². The van der Waals surface area contributed by atoms with Gasteiger partial charge in [-0.15, -0.1) is 0 Å². The molecule has 7 heteroatoms. The maximum absolute atomic E-state index is 12.5. The zero-order valence-electron chi connectivity index (χ0n) is 10.5. The molecular weight excluding hydrogens is 332 g/mol. The minimum atomic E-state index is -3.61. The molecule has 1 saturated heterocycles. The first-order chi connectivity index (χ1) is 8.96. The Labute approximate surface area is 121 Å². The van der Waals surface area contributed by atoms with Crippen LogP contribution in [-0.2, 0) is 14.8 Å². The van der Waals surface area contributed by atoms with Crippen molar-refractivity contribution in [3.8, 4) is 0 Å². The number of nitrogens with one attached hydrogen (secondary N) is 1. The van der Waals surface area contributed by atoms with Gasteiger partial charge in [0.25, 0.3) is 0 Å². The van der Waals surface area contributed by atoms with Crippen molar-refractivity contribution in [2.75, 3.05) is 13.6 Å². The Hall–Kier alpha value is -0.920. The van der Waals surface area contributed by atoms with Crippen LogP contribution in [0.1, 0.15) is 12.8 Å². The average molecular weight is 347 g/mol. The second-order valence-electron chi connectivity index (χ2n) is 4.34. The molecule has 1 atom stereocenters. The van der Waals surface area contributed by atoms with Crippen molar-refractivity contribution in [3.63, 3.8) is 0 Å². The van der Waals surface area contributed by atoms with Crippen LogP contribution in [-0.4, -0.2) is 38.3 Å². The molecule has 0 saturated carbocycles. The van der Waals surface area contributed by atoms with Crippen LogP contribution in [0.15, 0.2) is 33.6 Å². The van der Waals surface area contributed by atoms with E-state index in [2.05, 4.69) is 21.2 Å². The average Bonchev–Trinajstić information content (AvgIpc) is 2.88. The van der Waals surface area contributed by atoms with Gasteiger partial charge in [-0.25, -0.2) is 8.42 Å². The lowest BCUT2D eigenvalue weighted by molar-refractivity contribution is -0.123.